The minimum Gasteiger partial charge on any atom is -0.381 e. The van der Waals surface area contributed by atoms with Crippen molar-refractivity contribution < 1.29 is 4.74 Å². The molecule has 0 amide bonds. The second kappa shape index (κ2) is 12.4. The van der Waals surface area contributed by atoms with Crippen molar-refractivity contribution in [2.45, 2.75) is 39.7 Å². The van der Waals surface area contributed by atoms with Crippen molar-refractivity contribution in [2.75, 3.05) is 45.3 Å². The molecule has 1 saturated carbocycles. The SMILES string of the molecule is CCNC(=NCc1ccc(N(C)C)cc1C)NCCCOCC1CC1.I. The number of hydrogen-bond donors (Lipinski definition) is 2. The first kappa shape index (κ1) is 23.0. The molecule has 1 aliphatic rings. The summed E-state index contributed by atoms with van der Waals surface area (Å²) in [6, 6.07) is 6.53. The van der Waals surface area contributed by atoms with Gasteiger partial charge in [-0.3, -0.25) is 0 Å². The number of hydrogen-bond acceptors (Lipinski definition) is 3. The Morgan fingerprint density at radius 2 is 2.04 bits per heavy atom. The van der Waals surface area contributed by atoms with Crippen LogP contribution in [-0.4, -0.2) is 46.4 Å². The highest BCUT2D eigenvalue weighted by atomic mass is 127. The molecule has 0 aromatic heterocycles. The van der Waals surface area contributed by atoms with Gasteiger partial charge < -0.3 is 20.3 Å². The highest BCUT2D eigenvalue weighted by molar-refractivity contribution is 14.0. The van der Waals surface area contributed by atoms with Crippen LogP contribution < -0.4 is 15.5 Å². The van der Waals surface area contributed by atoms with Gasteiger partial charge in [0.1, 0.15) is 0 Å². The molecule has 1 fully saturated rings. The van der Waals surface area contributed by atoms with E-state index in [0.717, 1.165) is 44.6 Å². The highest BCUT2D eigenvalue weighted by Gasteiger charge is 2.20. The van der Waals surface area contributed by atoms with Crippen LogP contribution in [0.25, 0.3) is 0 Å². The summed E-state index contributed by atoms with van der Waals surface area (Å²) in [5, 5.41) is 6.71. The number of guanidine groups is 1. The Labute approximate surface area is 176 Å². The number of benzene rings is 1. The summed E-state index contributed by atoms with van der Waals surface area (Å²) in [5.41, 5.74) is 3.76. The van der Waals surface area contributed by atoms with Gasteiger partial charge in [-0.05, 0) is 62.3 Å². The molecule has 0 unspecified atom stereocenters. The van der Waals surface area contributed by atoms with Crippen LogP contribution in [-0.2, 0) is 11.3 Å². The standard InChI is InChI=1S/C20H34N4O.HI/c1-5-21-20(22-11-6-12-25-15-17-7-8-17)23-14-18-9-10-19(24(3)4)13-16(18)2;/h9-10,13,17H,5-8,11-12,14-15H2,1-4H3,(H2,21,22,23);1H. The first-order chi connectivity index (χ1) is 12.1. The molecule has 148 valence electrons. The Bertz CT molecular complexity index is 559. The molecule has 2 rings (SSSR count). The van der Waals surface area contributed by atoms with Crippen LogP contribution in [0.3, 0.4) is 0 Å². The van der Waals surface area contributed by atoms with Crippen LogP contribution in [0.2, 0.25) is 0 Å². The van der Waals surface area contributed by atoms with Crippen LogP contribution in [0.4, 0.5) is 5.69 Å². The fraction of sp³-hybridized carbons (Fsp3) is 0.650. The Morgan fingerprint density at radius 1 is 1.27 bits per heavy atom. The Hall–Kier alpha value is -1.02. The molecule has 0 atom stereocenters. The van der Waals surface area contributed by atoms with Gasteiger partial charge in [-0.25, -0.2) is 4.99 Å². The van der Waals surface area contributed by atoms with E-state index < -0.39 is 0 Å². The number of aryl methyl sites for hydroxylation is 1. The van der Waals surface area contributed by atoms with Gasteiger partial charge in [0.25, 0.3) is 0 Å². The van der Waals surface area contributed by atoms with E-state index in [1.54, 1.807) is 0 Å². The molecule has 0 saturated heterocycles. The first-order valence-electron chi connectivity index (χ1n) is 9.47. The van der Waals surface area contributed by atoms with Crippen LogP contribution >= 0.6 is 24.0 Å². The van der Waals surface area contributed by atoms with E-state index in [9.17, 15) is 0 Å². The average molecular weight is 474 g/mol. The molecule has 5 nitrogen and oxygen atoms in total. The smallest absolute Gasteiger partial charge is 0.191 e. The minimum absolute atomic E-state index is 0. The fourth-order valence-electron chi connectivity index (χ4n) is 2.56. The monoisotopic (exact) mass is 474 g/mol. The molecule has 0 bridgehead atoms. The maximum Gasteiger partial charge on any atom is 0.191 e. The van der Waals surface area contributed by atoms with Gasteiger partial charge in [-0.2, -0.15) is 0 Å². The van der Waals surface area contributed by atoms with Crippen molar-refractivity contribution in [2.24, 2.45) is 10.9 Å². The van der Waals surface area contributed by atoms with E-state index in [2.05, 4.69) is 61.7 Å². The zero-order chi connectivity index (χ0) is 18.1. The number of aliphatic imine (C=N–C) groups is 1. The molecule has 0 aliphatic heterocycles. The predicted octanol–water partition coefficient (Wildman–Crippen LogP) is 3.55. The lowest BCUT2D eigenvalue weighted by atomic mass is 10.1. The van der Waals surface area contributed by atoms with Crippen LogP contribution in [0.15, 0.2) is 23.2 Å². The fourth-order valence-corrected chi connectivity index (χ4v) is 2.56. The number of nitrogens with zero attached hydrogens (tertiary/aromatic N) is 2. The van der Waals surface area contributed by atoms with Crippen molar-refractivity contribution >= 4 is 35.6 Å². The number of ether oxygens (including phenoxy) is 1. The average Bonchev–Trinajstić information content (AvgIpc) is 3.40. The highest BCUT2D eigenvalue weighted by Crippen LogP contribution is 2.28. The lowest BCUT2D eigenvalue weighted by molar-refractivity contribution is 0.123. The second-order valence-corrected chi connectivity index (χ2v) is 7.00. The third-order valence-electron chi connectivity index (χ3n) is 4.40. The second-order valence-electron chi connectivity index (χ2n) is 7.00. The summed E-state index contributed by atoms with van der Waals surface area (Å²) in [7, 11) is 4.13. The maximum absolute atomic E-state index is 5.67. The van der Waals surface area contributed by atoms with E-state index in [1.165, 1.54) is 29.7 Å². The quantitative estimate of drug-likeness (QED) is 0.236. The van der Waals surface area contributed by atoms with Crippen molar-refractivity contribution in [3.63, 3.8) is 0 Å². The Kier molecular flexibility index (Phi) is 11.0. The minimum atomic E-state index is 0. The zero-order valence-electron chi connectivity index (χ0n) is 16.7. The van der Waals surface area contributed by atoms with E-state index in [4.69, 9.17) is 9.73 Å². The molecule has 1 aromatic rings. The summed E-state index contributed by atoms with van der Waals surface area (Å²) in [6.45, 7) is 8.44. The summed E-state index contributed by atoms with van der Waals surface area (Å²) in [6.07, 6.45) is 3.71. The van der Waals surface area contributed by atoms with E-state index >= 15 is 0 Å². The largest absolute Gasteiger partial charge is 0.381 e. The molecule has 1 aromatic carbocycles. The first-order valence-corrected chi connectivity index (χ1v) is 9.47. The molecule has 1 aliphatic carbocycles. The molecule has 2 N–H and O–H groups in total. The van der Waals surface area contributed by atoms with Gasteiger partial charge >= 0.3 is 0 Å². The summed E-state index contributed by atoms with van der Waals surface area (Å²) in [5.74, 6) is 1.72. The third-order valence-corrected chi connectivity index (χ3v) is 4.40. The zero-order valence-corrected chi connectivity index (χ0v) is 19.0. The van der Waals surface area contributed by atoms with Gasteiger partial charge in [0.2, 0.25) is 0 Å². The predicted molar refractivity (Wildman–Crippen MR) is 122 cm³/mol. The van der Waals surface area contributed by atoms with Gasteiger partial charge in [0.15, 0.2) is 5.96 Å². The van der Waals surface area contributed by atoms with E-state index in [1.807, 2.05) is 0 Å². The van der Waals surface area contributed by atoms with Gasteiger partial charge in [-0.1, -0.05) is 6.07 Å². The summed E-state index contributed by atoms with van der Waals surface area (Å²) >= 11 is 0. The van der Waals surface area contributed by atoms with Crippen molar-refractivity contribution in [1.29, 1.82) is 0 Å². The van der Waals surface area contributed by atoms with Crippen molar-refractivity contribution in [1.82, 2.24) is 10.6 Å². The van der Waals surface area contributed by atoms with Crippen LogP contribution in [0.1, 0.15) is 37.3 Å². The number of nitrogens with one attached hydrogen (secondary N) is 2. The number of rotatable bonds is 10. The molecule has 0 spiro atoms. The van der Waals surface area contributed by atoms with Gasteiger partial charge in [-0.15, -0.1) is 24.0 Å². The van der Waals surface area contributed by atoms with Gasteiger partial charge in [0.05, 0.1) is 6.54 Å². The topological polar surface area (TPSA) is 48.9 Å². The molecule has 0 heterocycles. The van der Waals surface area contributed by atoms with E-state index in [-0.39, 0.29) is 24.0 Å². The summed E-state index contributed by atoms with van der Waals surface area (Å²) < 4.78 is 5.67. The van der Waals surface area contributed by atoms with E-state index in [0.29, 0.717) is 6.54 Å². The van der Waals surface area contributed by atoms with Crippen molar-refractivity contribution in [3.05, 3.63) is 29.3 Å². The normalized spacial score (nSPS) is 13.9. The molecule has 6 heteroatoms. The molecular weight excluding hydrogens is 439 g/mol. The molecular formula is C20H35IN4O. The Morgan fingerprint density at radius 3 is 2.65 bits per heavy atom. The lowest BCUT2D eigenvalue weighted by Crippen LogP contribution is -2.38. The lowest BCUT2D eigenvalue weighted by Gasteiger charge is -2.15. The van der Waals surface area contributed by atoms with Gasteiger partial charge in [0, 0.05) is 46.1 Å². The van der Waals surface area contributed by atoms with Crippen LogP contribution in [0.5, 0.6) is 0 Å². The number of anilines is 1. The molecule has 0 radical (unpaired) electrons. The molecule has 26 heavy (non-hydrogen) atoms. The van der Waals surface area contributed by atoms with Crippen molar-refractivity contribution in [3.8, 4) is 0 Å². The van der Waals surface area contributed by atoms with Crippen LogP contribution in [0, 0.1) is 12.8 Å². The Balaban J connectivity index is 0.00000338. The summed E-state index contributed by atoms with van der Waals surface area (Å²) in [4.78, 5) is 6.84. The third kappa shape index (κ3) is 8.58. The maximum atomic E-state index is 5.67. The number of halogens is 1.